The van der Waals surface area contributed by atoms with Gasteiger partial charge >= 0.3 is 6.18 Å². The van der Waals surface area contributed by atoms with E-state index in [-0.39, 0.29) is 5.38 Å². The fourth-order valence-electron chi connectivity index (χ4n) is 2.01. The van der Waals surface area contributed by atoms with E-state index < -0.39 is 18.8 Å². The van der Waals surface area contributed by atoms with Gasteiger partial charge in [0.15, 0.2) is 0 Å². The van der Waals surface area contributed by atoms with Gasteiger partial charge < -0.3 is 5.32 Å². The standard InChI is InChI=1S/C11H11ClF3N/c12-9-5-7-3-1-2-4-8(7)10(9)16-6-11(13,14)15/h1-4,9-10,16H,5-6H2. The van der Waals surface area contributed by atoms with Gasteiger partial charge in [0.2, 0.25) is 0 Å². The van der Waals surface area contributed by atoms with Crippen LogP contribution in [0.15, 0.2) is 24.3 Å². The molecule has 0 amide bonds. The molecular weight excluding hydrogens is 239 g/mol. The van der Waals surface area contributed by atoms with Crippen LogP contribution in [0, 0.1) is 0 Å². The van der Waals surface area contributed by atoms with E-state index >= 15 is 0 Å². The Kier molecular flexibility index (Phi) is 3.13. The van der Waals surface area contributed by atoms with Crippen molar-refractivity contribution in [2.75, 3.05) is 6.54 Å². The molecule has 5 heteroatoms. The summed E-state index contributed by atoms with van der Waals surface area (Å²) in [4.78, 5) is 0. The molecule has 0 saturated carbocycles. The number of benzene rings is 1. The third kappa shape index (κ3) is 2.50. The summed E-state index contributed by atoms with van der Waals surface area (Å²) in [5, 5.41) is 2.16. The zero-order valence-corrected chi connectivity index (χ0v) is 9.15. The highest BCUT2D eigenvalue weighted by Gasteiger charge is 2.34. The molecule has 0 radical (unpaired) electrons. The number of hydrogen-bond acceptors (Lipinski definition) is 1. The molecule has 16 heavy (non-hydrogen) atoms. The normalized spacial score (nSPS) is 24.5. The van der Waals surface area contributed by atoms with Crippen LogP contribution in [-0.4, -0.2) is 18.1 Å². The van der Waals surface area contributed by atoms with Gasteiger partial charge in [-0.3, -0.25) is 0 Å². The average molecular weight is 250 g/mol. The molecule has 1 N–H and O–H groups in total. The van der Waals surface area contributed by atoms with E-state index in [4.69, 9.17) is 11.6 Å². The molecule has 88 valence electrons. The van der Waals surface area contributed by atoms with Gasteiger partial charge in [0.25, 0.3) is 0 Å². The molecule has 0 bridgehead atoms. The summed E-state index contributed by atoms with van der Waals surface area (Å²) in [6, 6.07) is 7.01. The quantitative estimate of drug-likeness (QED) is 0.795. The largest absolute Gasteiger partial charge is 0.401 e. The van der Waals surface area contributed by atoms with Crippen LogP contribution in [0.2, 0.25) is 0 Å². The Morgan fingerprint density at radius 2 is 2.00 bits per heavy atom. The predicted molar refractivity (Wildman–Crippen MR) is 56.6 cm³/mol. The van der Waals surface area contributed by atoms with Gasteiger partial charge in [0.1, 0.15) is 0 Å². The maximum absolute atomic E-state index is 12.1. The monoisotopic (exact) mass is 249 g/mol. The third-order valence-corrected chi connectivity index (χ3v) is 3.10. The summed E-state index contributed by atoms with van der Waals surface area (Å²) in [6.07, 6.45) is -3.58. The second-order valence-corrected chi connectivity index (χ2v) is 4.45. The van der Waals surface area contributed by atoms with Crippen molar-refractivity contribution in [2.45, 2.75) is 24.0 Å². The number of halogens is 4. The molecule has 2 rings (SSSR count). The van der Waals surface area contributed by atoms with E-state index in [9.17, 15) is 13.2 Å². The highest BCUT2D eigenvalue weighted by molar-refractivity contribution is 6.21. The molecule has 1 aromatic carbocycles. The van der Waals surface area contributed by atoms with Crippen molar-refractivity contribution in [1.82, 2.24) is 5.32 Å². The van der Waals surface area contributed by atoms with Crippen molar-refractivity contribution in [1.29, 1.82) is 0 Å². The molecule has 1 aromatic rings. The molecule has 0 heterocycles. The highest BCUT2D eigenvalue weighted by atomic mass is 35.5. The van der Waals surface area contributed by atoms with Gasteiger partial charge in [-0.1, -0.05) is 24.3 Å². The predicted octanol–water partition coefficient (Wildman–Crippen LogP) is 3.04. The lowest BCUT2D eigenvalue weighted by Crippen LogP contribution is -2.34. The van der Waals surface area contributed by atoms with Crippen LogP contribution < -0.4 is 5.32 Å². The van der Waals surface area contributed by atoms with E-state index in [1.807, 2.05) is 24.3 Å². The Hall–Kier alpha value is -0.740. The fraction of sp³-hybridized carbons (Fsp3) is 0.455. The van der Waals surface area contributed by atoms with Crippen molar-refractivity contribution < 1.29 is 13.2 Å². The minimum absolute atomic E-state index is 0.306. The zero-order chi connectivity index (χ0) is 11.8. The summed E-state index contributed by atoms with van der Waals surface area (Å²) in [7, 11) is 0. The molecule has 0 aliphatic heterocycles. The smallest absolute Gasteiger partial charge is 0.300 e. The molecule has 1 aliphatic carbocycles. The Labute approximate surface area is 96.6 Å². The van der Waals surface area contributed by atoms with Gasteiger partial charge in [0.05, 0.1) is 11.9 Å². The first-order valence-corrected chi connectivity index (χ1v) is 5.43. The van der Waals surface area contributed by atoms with E-state index in [1.165, 1.54) is 0 Å². The second-order valence-electron chi connectivity index (χ2n) is 3.89. The van der Waals surface area contributed by atoms with Crippen LogP contribution in [0.25, 0.3) is 0 Å². The molecule has 1 aliphatic rings. The lowest BCUT2D eigenvalue weighted by molar-refractivity contribution is -0.126. The summed E-state index contributed by atoms with van der Waals surface area (Å²) in [5.41, 5.74) is 1.91. The van der Waals surface area contributed by atoms with E-state index in [1.54, 1.807) is 0 Å². The van der Waals surface area contributed by atoms with Gasteiger partial charge in [0, 0.05) is 6.04 Å². The number of alkyl halides is 4. The summed E-state index contributed by atoms with van der Waals surface area (Å²) >= 11 is 6.04. The highest BCUT2D eigenvalue weighted by Crippen LogP contribution is 2.35. The molecule has 2 atom stereocenters. The lowest BCUT2D eigenvalue weighted by Gasteiger charge is -2.18. The molecule has 2 unspecified atom stereocenters. The van der Waals surface area contributed by atoms with Crippen LogP contribution in [0.1, 0.15) is 17.2 Å². The molecule has 0 spiro atoms. The van der Waals surface area contributed by atoms with Crippen molar-refractivity contribution in [3.05, 3.63) is 35.4 Å². The second kappa shape index (κ2) is 4.26. The minimum Gasteiger partial charge on any atom is -0.300 e. The number of rotatable bonds is 2. The van der Waals surface area contributed by atoms with Crippen LogP contribution in [-0.2, 0) is 6.42 Å². The first kappa shape index (κ1) is 11.7. The Morgan fingerprint density at radius 1 is 1.31 bits per heavy atom. The van der Waals surface area contributed by atoms with Crippen LogP contribution in [0.3, 0.4) is 0 Å². The number of fused-ring (bicyclic) bond motifs is 1. The Morgan fingerprint density at radius 3 is 2.69 bits per heavy atom. The average Bonchev–Trinajstić information content (AvgIpc) is 2.49. The van der Waals surface area contributed by atoms with E-state index in [2.05, 4.69) is 5.32 Å². The van der Waals surface area contributed by atoms with Gasteiger partial charge in [-0.05, 0) is 17.5 Å². The first-order chi connectivity index (χ1) is 7.47. The summed E-state index contributed by atoms with van der Waals surface area (Å²) < 4.78 is 36.3. The van der Waals surface area contributed by atoms with Gasteiger partial charge in [-0.2, -0.15) is 13.2 Å². The molecular formula is C11H11ClF3N. The van der Waals surface area contributed by atoms with E-state index in [0.29, 0.717) is 6.42 Å². The summed E-state index contributed by atoms with van der Waals surface area (Å²) in [6.45, 7) is -1.00. The van der Waals surface area contributed by atoms with E-state index in [0.717, 1.165) is 11.1 Å². The lowest BCUT2D eigenvalue weighted by atomic mass is 10.1. The molecule has 1 nitrogen and oxygen atoms in total. The van der Waals surface area contributed by atoms with Gasteiger partial charge in [-0.25, -0.2) is 0 Å². The van der Waals surface area contributed by atoms with Crippen molar-refractivity contribution in [3.63, 3.8) is 0 Å². The maximum atomic E-state index is 12.1. The molecule has 0 fully saturated rings. The van der Waals surface area contributed by atoms with Crippen molar-refractivity contribution in [3.8, 4) is 0 Å². The Balaban J connectivity index is 2.10. The number of hydrogen-bond donors (Lipinski definition) is 1. The number of nitrogens with one attached hydrogen (secondary N) is 1. The first-order valence-electron chi connectivity index (χ1n) is 4.99. The minimum atomic E-state index is -4.20. The van der Waals surface area contributed by atoms with Crippen molar-refractivity contribution >= 4 is 11.6 Å². The zero-order valence-electron chi connectivity index (χ0n) is 8.39. The SMILES string of the molecule is FC(F)(F)CNC1c2ccccc2CC1Cl. The van der Waals surface area contributed by atoms with Crippen LogP contribution in [0.5, 0.6) is 0 Å². The Bertz CT molecular complexity index is 378. The van der Waals surface area contributed by atoms with Crippen molar-refractivity contribution in [2.24, 2.45) is 0 Å². The third-order valence-electron chi connectivity index (χ3n) is 2.69. The molecule has 0 saturated heterocycles. The molecule has 0 aromatic heterocycles. The fourth-order valence-corrected chi connectivity index (χ4v) is 2.40. The van der Waals surface area contributed by atoms with Gasteiger partial charge in [-0.15, -0.1) is 11.6 Å². The van der Waals surface area contributed by atoms with Crippen LogP contribution >= 0.6 is 11.6 Å². The summed E-state index contributed by atoms with van der Waals surface area (Å²) in [5.74, 6) is 0. The topological polar surface area (TPSA) is 12.0 Å². The van der Waals surface area contributed by atoms with Crippen LogP contribution in [0.4, 0.5) is 13.2 Å². The maximum Gasteiger partial charge on any atom is 0.401 e.